The lowest BCUT2D eigenvalue weighted by Gasteiger charge is -2.32. The number of ether oxygens (including phenoxy) is 1. The molecule has 1 aliphatic rings. The fourth-order valence-electron chi connectivity index (χ4n) is 1.99. The van der Waals surface area contributed by atoms with E-state index in [1.807, 2.05) is 25.2 Å². The Balaban J connectivity index is 2.39. The predicted octanol–water partition coefficient (Wildman–Crippen LogP) is 1.71. The summed E-state index contributed by atoms with van der Waals surface area (Å²) in [4.78, 5) is 0. The highest BCUT2D eigenvalue weighted by molar-refractivity contribution is 9.10. The van der Waals surface area contributed by atoms with E-state index in [0.717, 1.165) is 15.8 Å². The smallest absolute Gasteiger partial charge is 0.124 e. The highest BCUT2D eigenvalue weighted by Gasteiger charge is 2.29. The molecule has 3 nitrogen and oxygen atoms in total. The van der Waals surface area contributed by atoms with E-state index < -0.39 is 0 Å². The Hall–Kier alpha value is -0.580. The van der Waals surface area contributed by atoms with Crippen molar-refractivity contribution >= 4 is 15.9 Å². The number of halogens is 1. The quantitative estimate of drug-likeness (QED) is 0.861. The Kier molecular flexibility index (Phi) is 3.29. The van der Waals surface area contributed by atoms with E-state index in [1.165, 1.54) is 0 Å². The van der Waals surface area contributed by atoms with Crippen molar-refractivity contribution in [3.05, 3.63) is 28.2 Å². The molecular formula is C11H14BrNO2. The Bertz CT molecular complexity index is 356. The molecule has 0 fully saturated rings. The number of benzene rings is 1. The Morgan fingerprint density at radius 3 is 3.07 bits per heavy atom. The second-order valence-corrected chi connectivity index (χ2v) is 4.62. The molecular weight excluding hydrogens is 258 g/mol. The third-order valence-corrected chi connectivity index (χ3v) is 3.27. The molecule has 15 heavy (non-hydrogen) atoms. The standard InChI is InChI=1S/C11H14BrNO2/c1-13-11-7(5-14)6-15-10-3-2-8(12)4-9(10)11/h2-4,7,11,13-14H,5-6H2,1H3/t7-,11+/m0/s1. The summed E-state index contributed by atoms with van der Waals surface area (Å²) in [5.41, 5.74) is 1.11. The minimum absolute atomic E-state index is 0.122. The van der Waals surface area contributed by atoms with Crippen molar-refractivity contribution in [2.24, 2.45) is 5.92 Å². The fourth-order valence-corrected chi connectivity index (χ4v) is 2.37. The van der Waals surface area contributed by atoms with Gasteiger partial charge in [0.15, 0.2) is 0 Å². The first kappa shape index (κ1) is 10.9. The second-order valence-electron chi connectivity index (χ2n) is 3.70. The molecule has 0 unspecified atom stereocenters. The van der Waals surface area contributed by atoms with E-state index in [0.29, 0.717) is 6.61 Å². The molecule has 0 bridgehead atoms. The summed E-state index contributed by atoms with van der Waals surface area (Å²) in [5, 5.41) is 12.5. The van der Waals surface area contributed by atoms with Gasteiger partial charge in [0, 0.05) is 22.0 Å². The van der Waals surface area contributed by atoms with Crippen LogP contribution in [0.15, 0.2) is 22.7 Å². The molecule has 4 heteroatoms. The van der Waals surface area contributed by atoms with Gasteiger partial charge in [0.2, 0.25) is 0 Å². The normalized spacial score (nSPS) is 24.5. The van der Waals surface area contributed by atoms with Crippen molar-refractivity contribution in [3.63, 3.8) is 0 Å². The van der Waals surface area contributed by atoms with Crippen molar-refractivity contribution in [2.45, 2.75) is 6.04 Å². The van der Waals surface area contributed by atoms with Crippen LogP contribution < -0.4 is 10.1 Å². The summed E-state index contributed by atoms with van der Waals surface area (Å²) >= 11 is 3.44. The average molecular weight is 272 g/mol. The lowest BCUT2D eigenvalue weighted by molar-refractivity contribution is 0.114. The van der Waals surface area contributed by atoms with Gasteiger partial charge >= 0.3 is 0 Å². The monoisotopic (exact) mass is 271 g/mol. The number of nitrogens with one attached hydrogen (secondary N) is 1. The molecule has 1 aromatic rings. The first-order valence-corrected chi connectivity index (χ1v) is 5.76. The topological polar surface area (TPSA) is 41.5 Å². The number of hydrogen-bond acceptors (Lipinski definition) is 3. The first-order valence-electron chi connectivity index (χ1n) is 4.96. The van der Waals surface area contributed by atoms with Gasteiger partial charge in [-0.05, 0) is 25.2 Å². The first-order chi connectivity index (χ1) is 7.26. The molecule has 1 heterocycles. The molecule has 0 amide bonds. The van der Waals surface area contributed by atoms with Crippen LogP contribution in [0.5, 0.6) is 5.75 Å². The van der Waals surface area contributed by atoms with Crippen LogP contribution in [0.3, 0.4) is 0 Å². The van der Waals surface area contributed by atoms with Gasteiger partial charge < -0.3 is 15.2 Å². The predicted molar refractivity (Wildman–Crippen MR) is 62.0 cm³/mol. The molecule has 0 spiro atoms. The third kappa shape index (κ3) is 2.02. The van der Waals surface area contributed by atoms with E-state index in [1.54, 1.807) is 0 Å². The molecule has 0 saturated heterocycles. The number of rotatable bonds is 2. The molecule has 2 atom stereocenters. The van der Waals surface area contributed by atoms with Gasteiger partial charge in [-0.1, -0.05) is 15.9 Å². The Morgan fingerprint density at radius 2 is 2.40 bits per heavy atom. The summed E-state index contributed by atoms with van der Waals surface area (Å²) in [7, 11) is 1.91. The second kappa shape index (κ2) is 4.51. The van der Waals surface area contributed by atoms with Crippen LogP contribution in [0.1, 0.15) is 11.6 Å². The summed E-state index contributed by atoms with van der Waals surface area (Å²) in [6, 6.07) is 6.12. The maximum absolute atomic E-state index is 9.26. The van der Waals surface area contributed by atoms with Gasteiger partial charge in [-0.2, -0.15) is 0 Å². The van der Waals surface area contributed by atoms with Gasteiger partial charge in [0.25, 0.3) is 0 Å². The van der Waals surface area contributed by atoms with Crippen molar-refractivity contribution in [2.75, 3.05) is 20.3 Å². The van der Waals surface area contributed by atoms with Gasteiger partial charge in [-0.15, -0.1) is 0 Å². The molecule has 1 aromatic carbocycles. The SMILES string of the molecule is CN[C@H]1c2cc(Br)ccc2OC[C@@H]1CO. The number of aliphatic hydroxyl groups is 1. The van der Waals surface area contributed by atoms with Gasteiger partial charge in [0.1, 0.15) is 5.75 Å². The molecule has 0 radical (unpaired) electrons. The lowest BCUT2D eigenvalue weighted by Crippen LogP contribution is -2.35. The van der Waals surface area contributed by atoms with Crippen LogP contribution in [0.25, 0.3) is 0 Å². The summed E-state index contributed by atoms with van der Waals surface area (Å²) in [6.07, 6.45) is 0. The van der Waals surface area contributed by atoms with E-state index >= 15 is 0 Å². The lowest BCUT2D eigenvalue weighted by atomic mass is 9.91. The molecule has 82 valence electrons. The van der Waals surface area contributed by atoms with E-state index in [-0.39, 0.29) is 18.6 Å². The van der Waals surface area contributed by atoms with Crippen molar-refractivity contribution in [3.8, 4) is 5.75 Å². The van der Waals surface area contributed by atoms with Crippen molar-refractivity contribution in [1.29, 1.82) is 0 Å². The molecule has 2 N–H and O–H groups in total. The average Bonchev–Trinajstić information content (AvgIpc) is 2.27. The number of fused-ring (bicyclic) bond motifs is 1. The maximum atomic E-state index is 9.26. The molecule has 0 aliphatic carbocycles. The Labute approximate surface area is 97.6 Å². The summed E-state index contributed by atoms with van der Waals surface area (Å²) in [6.45, 7) is 0.702. The number of hydrogen-bond donors (Lipinski definition) is 2. The van der Waals surface area contributed by atoms with E-state index in [4.69, 9.17) is 4.74 Å². The van der Waals surface area contributed by atoms with Crippen molar-refractivity contribution < 1.29 is 9.84 Å². The zero-order chi connectivity index (χ0) is 10.8. The summed E-state index contributed by atoms with van der Waals surface area (Å²) in [5.74, 6) is 1.03. The minimum Gasteiger partial charge on any atom is -0.493 e. The third-order valence-electron chi connectivity index (χ3n) is 2.78. The van der Waals surface area contributed by atoms with Gasteiger partial charge in [0.05, 0.1) is 13.2 Å². The maximum Gasteiger partial charge on any atom is 0.124 e. The van der Waals surface area contributed by atoms with Gasteiger partial charge in [-0.25, -0.2) is 0 Å². The number of aliphatic hydroxyl groups excluding tert-OH is 1. The fraction of sp³-hybridized carbons (Fsp3) is 0.455. The molecule has 0 saturated carbocycles. The van der Waals surface area contributed by atoms with Gasteiger partial charge in [-0.3, -0.25) is 0 Å². The molecule has 2 rings (SSSR count). The highest BCUT2D eigenvalue weighted by Crippen LogP contribution is 2.36. The van der Waals surface area contributed by atoms with Crippen LogP contribution in [0.4, 0.5) is 0 Å². The van der Waals surface area contributed by atoms with Crippen LogP contribution in [-0.2, 0) is 0 Å². The zero-order valence-corrected chi connectivity index (χ0v) is 10.1. The molecule has 0 aromatic heterocycles. The minimum atomic E-state index is 0.122. The van der Waals surface area contributed by atoms with Crippen LogP contribution in [0.2, 0.25) is 0 Å². The van der Waals surface area contributed by atoms with Crippen LogP contribution in [-0.4, -0.2) is 25.4 Å². The Morgan fingerprint density at radius 1 is 1.60 bits per heavy atom. The highest BCUT2D eigenvalue weighted by atomic mass is 79.9. The largest absolute Gasteiger partial charge is 0.493 e. The summed E-state index contributed by atoms with van der Waals surface area (Å²) < 4.78 is 6.62. The molecule has 1 aliphatic heterocycles. The van der Waals surface area contributed by atoms with Crippen molar-refractivity contribution in [1.82, 2.24) is 5.32 Å². The van der Waals surface area contributed by atoms with Crippen LogP contribution >= 0.6 is 15.9 Å². The van der Waals surface area contributed by atoms with E-state index in [2.05, 4.69) is 21.2 Å². The zero-order valence-electron chi connectivity index (χ0n) is 8.53. The van der Waals surface area contributed by atoms with Crippen LogP contribution in [0, 0.1) is 5.92 Å². The van der Waals surface area contributed by atoms with E-state index in [9.17, 15) is 5.11 Å².